The number of rotatable bonds is 8. The molecular formula is C31H30F3N5O2. The number of hydrogen-bond donors (Lipinski definition) is 3. The number of benzene rings is 3. The predicted octanol–water partition coefficient (Wildman–Crippen LogP) is 6.08. The van der Waals surface area contributed by atoms with Crippen LogP contribution in [0.25, 0.3) is 11.1 Å². The van der Waals surface area contributed by atoms with Crippen molar-refractivity contribution in [3.05, 3.63) is 108 Å². The van der Waals surface area contributed by atoms with Crippen LogP contribution in [0.1, 0.15) is 16.7 Å². The number of ether oxygens (including phenoxy) is 1. The number of pyridine rings is 1. The third-order valence-corrected chi connectivity index (χ3v) is 6.75. The van der Waals surface area contributed by atoms with Gasteiger partial charge < -0.3 is 25.6 Å². The topological polar surface area (TPSA) is 78.5 Å². The Morgan fingerprint density at radius 1 is 0.976 bits per heavy atom. The van der Waals surface area contributed by atoms with E-state index in [1.54, 1.807) is 42.7 Å². The summed E-state index contributed by atoms with van der Waals surface area (Å²) in [6.45, 7) is 3.77. The Morgan fingerprint density at radius 2 is 1.78 bits per heavy atom. The molecular weight excluding hydrogens is 531 g/mol. The monoisotopic (exact) mass is 561 g/mol. The zero-order valence-corrected chi connectivity index (χ0v) is 22.2. The fraction of sp³-hybridized carbons (Fsp3) is 0.226. The third kappa shape index (κ3) is 7.55. The zero-order chi connectivity index (χ0) is 28.7. The molecule has 5 rings (SSSR count). The molecule has 0 saturated carbocycles. The van der Waals surface area contributed by atoms with E-state index in [0.29, 0.717) is 29.1 Å². The maximum atomic E-state index is 13.6. The van der Waals surface area contributed by atoms with Gasteiger partial charge in [0.1, 0.15) is 12.4 Å². The second-order valence-corrected chi connectivity index (χ2v) is 9.64. The van der Waals surface area contributed by atoms with Gasteiger partial charge in [-0.15, -0.1) is 0 Å². The van der Waals surface area contributed by atoms with Gasteiger partial charge >= 0.3 is 12.2 Å². The summed E-state index contributed by atoms with van der Waals surface area (Å²) in [5, 5.41) is 8.82. The Hall–Kier alpha value is -4.57. The molecule has 1 aliphatic rings. The first-order valence-electron chi connectivity index (χ1n) is 13.3. The van der Waals surface area contributed by atoms with E-state index in [1.807, 2.05) is 30.3 Å². The molecule has 0 bridgehead atoms. The number of carbonyl (C=O) groups is 1. The van der Waals surface area contributed by atoms with Crippen molar-refractivity contribution >= 4 is 17.4 Å². The van der Waals surface area contributed by atoms with Crippen molar-refractivity contribution in [2.24, 2.45) is 0 Å². The number of alkyl halides is 3. The number of halogens is 3. The van der Waals surface area contributed by atoms with Gasteiger partial charge in [-0.25, -0.2) is 4.79 Å². The number of aromatic nitrogens is 1. The minimum Gasteiger partial charge on any atom is -0.489 e. The fourth-order valence-electron chi connectivity index (χ4n) is 4.62. The number of hydrogen-bond acceptors (Lipinski definition) is 5. The van der Waals surface area contributed by atoms with E-state index in [1.165, 1.54) is 6.07 Å². The standard InChI is InChI=1S/C31H30F3N5O2/c32-31(33,34)25-6-11-29(23-4-1-5-27(18-23)39-15-13-35-14-16-39)24(17-25)21-41-28-9-7-26(8-10-28)38-30(40)37-20-22-3-2-12-36-19-22/h1-12,17-19,35H,13-16,20-21H2,(H2,37,38,40). The van der Waals surface area contributed by atoms with Gasteiger partial charge in [0.2, 0.25) is 0 Å². The van der Waals surface area contributed by atoms with E-state index in [0.717, 1.165) is 55.1 Å². The molecule has 3 N–H and O–H groups in total. The highest BCUT2D eigenvalue weighted by Crippen LogP contribution is 2.35. The van der Waals surface area contributed by atoms with Crippen LogP contribution in [0.4, 0.5) is 29.3 Å². The molecule has 3 aromatic carbocycles. The SMILES string of the molecule is O=C(NCc1cccnc1)Nc1ccc(OCc2cc(C(F)(F)F)ccc2-c2cccc(N3CCNCC3)c2)cc1. The molecule has 1 aromatic heterocycles. The molecule has 2 amide bonds. The number of urea groups is 1. The summed E-state index contributed by atoms with van der Waals surface area (Å²) < 4.78 is 46.6. The molecule has 212 valence electrons. The van der Waals surface area contributed by atoms with Gasteiger partial charge in [0, 0.05) is 56.5 Å². The van der Waals surface area contributed by atoms with Gasteiger partial charge in [-0.1, -0.05) is 24.3 Å². The molecule has 10 heteroatoms. The van der Waals surface area contributed by atoms with Gasteiger partial charge in [-0.05, 0) is 76.9 Å². The van der Waals surface area contributed by atoms with E-state index in [4.69, 9.17) is 4.74 Å². The fourth-order valence-corrected chi connectivity index (χ4v) is 4.62. The second kappa shape index (κ2) is 12.7. The Morgan fingerprint density at radius 3 is 2.51 bits per heavy atom. The lowest BCUT2D eigenvalue weighted by Gasteiger charge is -2.29. The Kier molecular flexibility index (Phi) is 8.69. The molecule has 41 heavy (non-hydrogen) atoms. The average molecular weight is 562 g/mol. The Balaban J connectivity index is 1.27. The smallest absolute Gasteiger partial charge is 0.416 e. The average Bonchev–Trinajstić information content (AvgIpc) is 3.00. The molecule has 1 aliphatic heterocycles. The van der Waals surface area contributed by atoms with Crippen LogP contribution in [0.3, 0.4) is 0 Å². The van der Waals surface area contributed by atoms with Gasteiger partial charge in [0.15, 0.2) is 0 Å². The van der Waals surface area contributed by atoms with E-state index in [2.05, 4.69) is 25.8 Å². The second-order valence-electron chi connectivity index (χ2n) is 9.64. The van der Waals surface area contributed by atoms with Crippen LogP contribution in [0.5, 0.6) is 5.75 Å². The van der Waals surface area contributed by atoms with Gasteiger partial charge in [-0.3, -0.25) is 4.98 Å². The third-order valence-electron chi connectivity index (χ3n) is 6.75. The number of piperazine rings is 1. The summed E-state index contributed by atoms with van der Waals surface area (Å²) >= 11 is 0. The van der Waals surface area contributed by atoms with Gasteiger partial charge in [-0.2, -0.15) is 13.2 Å². The van der Waals surface area contributed by atoms with Crippen LogP contribution in [-0.4, -0.2) is 37.2 Å². The number of carbonyl (C=O) groups excluding carboxylic acids is 1. The quantitative estimate of drug-likeness (QED) is 0.243. The first-order chi connectivity index (χ1) is 19.8. The minimum atomic E-state index is -4.47. The summed E-state index contributed by atoms with van der Waals surface area (Å²) in [5.74, 6) is 0.462. The highest BCUT2D eigenvalue weighted by atomic mass is 19.4. The van der Waals surface area contributed by atoms with Crippen LogP contribution in [-0.2, 0) is 19.3 Å². The number of nitrogens with zero attached hydrogens (tertiary/aromatic N) is 2. The highest BCUT2D eigenvalue weighted by Gasteiger charge is 2.31. The summed E-state index contributed by atoms with van der Waals surface area (Å²) in [5.41, 5.74) is 3.65. The summed E-state index contributed by atoms with van der Waals surface area (Å²) in [6, 6.07) is 21.6. The lowest BCUT2D eigenvalue weighted by molar-refractivity contribution is -0.137. The summed E-state index contributed by atoms with van der Waals surface area (Å²) in [6.07, 6.45) is -1.14. The van der Waals surface area contributed by atoms with Crippen molar-refractivity contribution < 1.29 is 22.7 Å². The van der Waals surface area contributed by atoms with Gasteiger partial charge in [0.25, 0.3) is 0 Å². The number of nitrogens with one attached hydrogen (secondary N) is 3. The molecule has 0 spiro atoms. The van der Waals surface area contributed by atoms with E-state index >= 15 is 0 Å². The molecule has 0 unspecified atom stereocenters. The predicted molar refractivity (Wildman–Crippen MR) is 153 cm³/mol. The Bertz CT molecular complexity index is 1460. The molecule has 0 radical (unpaired) electrons. The van der Waals surface area contributed by atoms with Crippen molar-refractivity contribution in [1.29, 1.82) is 0 Å². The van der Waals surface area contributed by atoms with Crippen LogP contribution in [0.15, 0.2) is 91.3 Å². The highest BCUT2D eigenvalue weighted by molar-refractivity contribution is 5.89. The molecule has 7 nitrogen and oxygen atoms in total. The Labute approximate surface area is 236 Å². The molecule has 1 saturated heterocycles. The summed E-state index contributed by atoms with van der Waals surface area (Å²) in [7, 11) is 0. The van der Waals surface area contributed by atoms with E-state index in [-0.39, 0.29) is 12.6 Å². The normalized spacial score (nSPS) is 13.5. The summed E-state index contributed by atoms with van der Waals surface area (Å²) in [4.78, 5) is 18.5. The van der Waals surface area contributed by atoms with Crippen molar-refractivity contribution in [1.82, 2.24) is 15.6 Å². The first-order valence-corrected chi connectivity index (χ1v) is 13.3. The van der Waals surface area contributed by atoms with Crippen molar-refractivity contribution in [2.45, 2.75) is 19.3 Å². The molecule has 1 fully saturated rings. The van der Waals surface area contributed by atoms with Crippen molar-refractivity contribution in [2.75, 3.05) is 36.4 Å². The van der Waals surface area contributed by atoms with Gasteiger partial charge in [0.05, 0.1) is 5.56 Å². The lowest BCUT2D eigenvalue weighted by atomic mass is 9.97. The van der Waals surface area contributed by atoms with Crippen LogP contribution < -0.4 is 25.6 Å². The first kappa shape index (κ1) is 28.0. The van der Waals surface area contributed by atoms with E-state index < -0.39 is 11.7 Å². The lowest BCUT2D eigenvalue weighted by Crippen LogP contribution is -2.43. The van der Waals surface area contributed by atoms with Crippen molar-refractivity contribution in [3.63, 3.8) is 0 Å². The maximum absolute atomic E-state index is 13.6. The molecule has 2 heterocycles. The van der Waals surface area contributed by atoms with E-state index in [9.17, 15) is 18.0 Å². The largest absolute Gasteiger partial charge is 0.489 e. The van der Waals surface area contributed by atoms with Crippen LogP contribution in [0.2, 0.25) is 0 Å². The minimum absolute atomic E-state index is 0.0600. The molecule has 4 aromatic rings. The number of anilines is 2. The molecule has 0 atom stereocenters. The van der Waals surface area contributed by atoms with Crippen LogP contribution in [0, 0.1) is 0 Å². The zero-order valence-electron chi connectivity index (χ0n) is 22.2. The number of amides is 2. The maximum Gasteiger partial charge on any atom is 0.416 e. The molecule has 0 aliphatic carbocycles. The van der Waals surface area contributed by atoms with Crippen LogP contribution >= 0.6 is 0 Å². The van der Waals surface area contributed by atoms with Crippen molar-refractivity contribution in [3.8, 4) is 16.9 Å².